The SMILES string of the molecule is C[C@H](c1ccc(Cl)cc1Cl)n1nc(C#N)c2ncc(N3CC([C@]4(C)CCCN(CCS(C)(=O)=O)C4)C3)nc21. The molecule has 1 aromatic carbocycles. The minimum absolute atomic E-state index is 0.124. The van der Waals surface area contributed by atoms with E-state index in [9.17, 15) is 13.7 Å². The molecule has 2 fully saturated rings. The van der Waals surface area contributed by atoms with E-state index in [1.54, 1.807) is 23.0 Å². The second-order valence-corrected chi connectivity index (χ2v) is 14.0. The number of aromatic nitrogens is 4. The Morgan fingerprint density at radius 1 is 1.29 bits per heavy atom. The molecule has 0 unspecified atom stereocenters. The number of sulfone groups is 1. The van der Waals surface area contributed by atoms with E-state index < -0.39 is 9.84 Å². The average molecular weight is 577 g/mol. The standard InChI is InChI=1S/C26H31Cl2N7O2S/c1-17(20-6-5-19(27)11-21(20)28)35-25-24(22(12-29)32-35)30-13-23(31-25)34-14-18(15-34)26(2)7-4-8-33(16-26)9-10-38(3,36)37/h5-6,11,13,17-18H,4,7-10,14-16H2,1-3H3/t17-,26-/m1/s1. The van der Waals surface area contributed by atoms with Gasteiger partial charge in [-0.05, 0) is 49.4 Å². The van der Waals surface area contributed by atoms with Crippen LogP contribution in [0.3, 0.4) is 0 Å². The van der Waals surface area contributed by atoms with Crippen molar-refractivity contribution in [1.29, 1.82) is 5.26 Å². The molecule has 38 heavy (non-hydrogen) atoms. The van der Waals surface area contributed by atoms with Gasteiger partial charge in [0, 0.05) is 48.4 Å². The summed E-state index contributed by atoms with van der Waals surface area (Å²) in [6, 6.07) is 7.18. The number of anilines is 1. The van der Waals surface area contributed by atoms with Crippen LogP contribution in [0.4, 0.5) is 5.82 Å². The Labute approximate surface area is 233 Å². The highest BCUT2D eigenvalue weighted by Crippen LogP contribution is 2.43. The number of nitriles is 1. The van der Waals surface area contributed by atoms with E-state index in [2.05, 4.69) is 32.9 Å². The van der Waals surface area contributed by atoms with E-state index in [1.165, 1.54) is 6.26 Å². The summed E-state index contributed by atoms with van der Waals surface area (Å²) in [6.45, 7) is 8.43. The summed E-state index contributed by atoms with van der Waals surface area (Å²) in [5.74, 6) is 1.43. The minimum atomic E-state index is -2.97. The Morgan fingerprint density at radius 2 is 2.05 bits per heavy atom. The summed E-state index contributed by atoms with van der Waals surface area (Å²) in [6.07, 6.45) is 5.22. The van der Waals surface area contributed by atoms with Crippen molar-refractivity contribution < 1.29 is 8.42 Å². The number of benzene rings is 1. The summed E-state index contributed by atoms with van der Waals surface area (Å²) in [5, 5.41) is 15.2. The average Bonchev–Trinajstić information content (AvgIpc) is 3.19. The van der Waals surface area contributed by atoms with Crippen LogP contribution >= 0.6 is 23.2 Å². The van der Waals surface area contributed by atoms with Crippen LogP contribution in [0.1, 0.15) is 44.0 Å². The molecule has 0 radical (unpaired) electrons. The molecule has 0 amide bonds. The van der Waals surface area contributed by atoms with Gasteiger partial charge < -0.3 is 9.80 Å². The summed E-state index contributed by atoms with van der Waals surface area (Å²) >= 11 is 12.5. The lowest BCUT2D eigenvalue weighted by Crippen LogP contribution is -2.58. The van der Waals surface area contributed by atoms with Crippen LogP contribution in [0.2, 0.25) is 10.0 Å². The third kappa shape index (κ3) is 5.34. The molecule has 2 saturated heterocycles. The van der Waals surface area contributed by atoms with Gasteiger partial charge in [-0.15, -0.1) is 0 Å². The van der Waals surface area contributed by atoms with Crippen molar-refractivity contribution >= 4 is 50.0 Å². The molecular formula is C26H31Cl2N7O2S. The van der Waals surface area contributed by atoms with E-state index in [0.717, 1.165) is 50.4 Å². The molecule has 2 aliphatic rings. The molecular weight excluding hydrogens is 545 g/mol. The van der Waals surface area contributed by atoms with Gasteiger partial charge in [0.25, 0.3) is 0 Å². The van der Waals surface area contributed by atoms with Crippen molar-refractivity contribution in [2.45, 2.75) is 32.7 Å². The van der Waals surface area contributed by atoms with Gasteiger partial charge in [0.05, 0.1) is 18.0 Å². The Bertz CT molecular complexity index is 1510. The molecule has 0 saturated carbocycles. The molecule has 9 nitrogen and oxygen atoms in total. The molecule has 0 bridgehead atoms. The maximum Gasteiger partial charge on any atom is 0.190 e. The van der Waals surface area contributed by atoms with E-state index in [4.69, 9.17) is 28.2 Å². The van der Waals surface area contributed by atoms with Gasteiger partial charge in [0.2, 0.25) is 0 Å². The summed E-state index contributed by atoms with van der Waals surface area (Å²) in [7, 11) is -2.97. The summed E-state index contributed by atoms with van der Waals surface area (Å²) in [5.41, 5.74) is 2.18. The Morgan fingerprint density at radius 3 is 2.74 bits per heavy atom. The molecule has 5 rings (SSSR count). The van der Waals surface area contributed by atoms with Gasteiger partial charge in [-0.1, -0.05) is 36.2 Å². The van der Waals surface area contributed by atoms with Crippen LogP contribution in [-0.4, -0.2) is 77.8 Å². The topological polar surface area (TPSA) is 108 Å². The third-order valence-corrected chi connectivity index (χ3v) is 9.54. The fourth-order valence-electron chi connectivity index (χ4n) is 5.67. The smallest absolute Gasteiger partial charge is 0.190 e. The first kappa shape index (κ1) is 27.1. The first-order valence-corrected chi connectivity index (χ1v) is 15.5. The first-order chi connectivity index (χ1) is 18.0. The Kier molecular flexibility index (Phi) is 7.33. The number of halogens is 2. The number of piperidine rings is 1. The minimum Gasteiger partial charge on any atom is -0.355 e. The number of nitrogens with zero attached hydrogens (tertiary/aromatic N) is 7. The Hall–Kier alpha value is -2.45. The van der Waals surface area contributed by atoms with Crippen molar-refractivity contribution in [1.82, 2.24) is 24.6 Å². The van der Waals surface area contributed by atoms with E-state index in [-0.39, 0.29) is 22.9 Å². The van der Waals surface area contributed by atoms with Gasteiger partial charge in [-0.25, -0.2) is 23.1 Å². The molecule has 0 spiro atoms. The highest BCUT2D eigenvalue weighted by atomic mass is 35.5. The summed E-state index contributed by atoms with van der Waals surface area (Å²) < 4.78 is 25.0. The zero-order valence-corrected chi connectivity index (χ0v) is 24.1. The fourth-order valence-corrected chi connectivity index (χ4v) is 6.83. The molecule has 2 aromatic heterocycles. The van der Waals surface area contributed by atoms with Crippen LogP contribution in [0.15, 0.2) is 24.4 Å². The molecule has 4 heterocycles. The predicted octanol–water partition coefficient (Wildman–Crippen LogP) is 4.20. The highest BCUT2D eigenvalue weighted by Gasteiger charge is 2.44. The van der Waals surface area contributed by atoms with Crippen LogP contribution < -0.4 is 4.90 Å². The van der Waals surface area contributed by atoms with Gasteiger partial charge in [0.1, 0.15) is 27.2 Å². The van der Waals surface area contributed by atoms with E-state index in [1.807, 2.05) is 13.0 Å². The lowest BCUT2D eigenvalue weighted by Gasteiger charge is -2.53. The van der Waals surface area contributed by atoms with Crippen molar-refractivity contribution in [2.75, 3.05) is 49.6 Å². The lowest BCUT2D eigenvalue weighted by atomic mass is 9.68. The largest absolute Gasteiger partial charge is 0.355 e. The second-order valence-electron chi connectivity index (χ2n) is 10.9. The Balaban J connectivity index is 1.35. The van der Waals surface area contributed by atoms with Crippen LogP contribution in [-0.2, 0) is 9.84 Å². The van der Waals surface area contributed by atoms with E-state index >= 15 is 0 Å². The van der Waals surface area contributed by atoms with Crippen LogP contribution in [0, 0.1) is 22.7 Å². The molecule has 0 aliphatic carbocycles. The van der Waals surface area contributed by atoms with Crippen molar-refractivity contribution in [3.05, 3.63) is 45.7 Å². The summed E-state index contributed by atoms with van der Waals surface area (Å²) in [4.78, 5) is 14.0. The monoisotopic (exact) mass is 575 g/mol. The normalized spacial score (nSPS) is 21.8. The molecule has 202 valence electrons. The van der Waals surface area contributed by atoms with Crippen molar-refractivity contribution in [3.63, 3.8) is 0 Å². The third-order valence-electron chi connectivity index (χ3n) is 8.05. The maximum absolute atomic E-state index is 11.6. The van der Waals surface area contributed by atoms with E-state index in [0.29, 0.717) is 33.7 Å². The number of rotatable bonds is 7. The molecule has 12 heteroatoms. The van der Waals surface area contributed by atoms with Gasteiger partial charge in [-0.3, -0.25) is 0 Å². The first-order valence-electron chi connectivity index (χ1n) is 12.7. The lowest BCUT2D eigenvalue weighted by molar-refractivity contribution is 0.0394. The molecule has 2 aliphatic heterocycles. The number of hydrogen-bond acceptors (Lipinski definition) is 8. The van der Waals surface area contributed by atoms with Crippen molar-refractivity contribution in [3.8, 4) is 6.07 Å². The quantitative estimate of drug-likeness (QED) is 0.412. The predicted molar refractivity (Wildman–Crippen MR) is 150 cm³/mol. The molecule has 0 N–H and O–H groups in total. The maximum atomic E-state index is 11.6. The van der Waals surface area contributed by atoms with Crippen LogP contribution in [0.25, 0.3) is 11.2 Å². The van der Waals surface area contributed by atoms with Gasteiger partial charge in [-0.2, -0.15) is 10.4 Å². The highest BCUT2D eigenvalue weighted by molar-refractivity contribution is 7.90. The fraction of sp³-hybridized carbons (Fsp3) is 0.538. The number of hydrogen-bond donors (Lipinski definition) is 0. The number of likely N-dealkylation sites (tertiary alicyclic amines) is 1. The molecule has 2 atom stereocenters. The van der Waals surface area contributed by atoms with Crippen LogP contribution in [0.5, 0.6) is 0 Å². The van der Waals surface area contributed by atoms with Gasteiger partial charge in [0.15, 0.2) is 11.3 Å². The molecule has 3 aromatic rings. The van der Waals surface area contributed by atoms with Gasteiger partial charge >= 0.3 is 0 Å². The number of fused-ring (bicyclic) bond motifs is 1. The zero-order chi connectivity index (χ0) is 27.2. The van der Waals surface area contributed by atoms with Crippen molar-refractivity contribution in [2.24, 2.45) is 11.3 Å². The zero-order valence-electron chi connectivity index (χ0n) is 21.7. The second kappa shape index (κ2) is 10.3.